The zero-order chi connectivity index (χ0) is 17.8. The first kappa shape index (κ1) is 22.5. The molecule has 0 saturated heterocycles. The van der Waals surface area contributed by atoms with Crippen LogP contribution in [0.2, 0.25) is 0 Å². The van der Waals surface area contributed by atoms with Gasteiger partial charge < -0.3 is 4.90 Å². The van der Waals surface area contributed by atoms with E-state index in [2.05, 4.69) is 16.8 Å². The number of rotatable bonds is 19. The van der Waals surface area contributed by atoms with Crippen molar-refractivity contribution in [1.29, 1.82) is 0 Å². The lowest BCUT2D eigenvalue weighted by Crippen LogP contribution is -2.20. The first-order valence-corrected chi connectivity index (χ1v) is 11.7. The minimum atomic E-state index is 1.01. The van der Waals surface area contributed by atoms with E-state index in [1.54, 1.807) is 0 Å². The highest BCUT2D eigenvalue weighted by Gasteiger charge is 2.03. The predicted octanol–water partition coefficient (Wildman–Crippen LogP) is 7.37. The van der Waals surface area contributed by atoms with E-state index in [9.17, 15) is 0 Å². The van der Waals surface area contributed by atoms with Gasteiger partial charge in [0.05, 0.1) is 12.9 Å². The van der Waals surface area contributed by atoms with Crippen molar-refractivity contribution < 1.29 is 0 Å². The topological polar surface area (TPSA) is 15.6 Å². The van der Waals surface area contributed by atoms with E-state index >= 15 is 0 Å². The van der Waals surface area contributed by atoms with Crippen LogP contribution in [0.4, 0.5) is 0 Å². The third-order valence-corrected chi connectivity index (χ3v) is 5.56. The van der Waals surface area contributed by atoms with E-state index in [1.165, 1.54) is 122 Å². The van der Waals surface area contributed by atoms with Gasteiger partial charge in [-0.2, -0.15) is 0 Å². The molecule has 0 N–H and O–H groups in total. The fourth-order valence-electron chi connectivity index (χ4n) is 3.80. The molecule has 1 rings (SSSR count). The SMILES string of the molecule is CCCCCCCCCCCCCCCCCCCCN1C=NCC1. The second-order valence-electron chi connectivity index (χ2n) is 8.07. The van der Waals surface area contributed by atoms with E-state index in [0.717, 1.165) is 13.1 Å². The van der Waals surface area contributed by atoms with Crippen molar-refractivity contribution in [2.75, 3.05) is 19.6 Å². The van der Waals surface area contributed by atoms with Crippen LogP contribution in [0.25, 0.3) is 0 Å². The van der Waals surface area contributed by atoms with Gasteiger partial charge in [-0.3, -0.25) is 4.99 Å². The second kappa shape index (κ2) is 18.3. The summed E-state index contributed by atoms with van der Waals surface area (Å²) >= 11 is 0. The Morgan fingerprint density at radius 2 is 1.00 bits per heavy atom. The van der Waals surface area contributed by atoms with Crippen LogP contribution < -0.4 is 0 Å². The fraction of sp³-hybridized carbons (Fsp3) is 0.957. The standard InChI is InChI=1S/C23H46N2/c1-2-3-4-5-6-7-8-9-10-11-12-13-14-15-16-17-18-19-21-25-22-20-24-23-25/h23H,2-22H2,1H3. The molecule has 0 amide bonds. The maximum Gasteiger partial charge on any atom is 0.0851 e. The zero-order valence-corrected chi connectivity index (χ0v) is 17.3. The molecule has 0 aliphatic carbocycles. The summed E-state index contributed by atoms with van der Waals surface area (Å²) in [5, 5.41) is 0. The zero-order valence-electron chi connectivity index (χ0n) is 17.3. The van der Waals surface area contributed by atoms with Crippen molar-refractivity contribution in [2.24, 2.45) is 4.99 Å². The summed E-state index contributed by atoms with van der Waals surface area (Å²) in [6.07, 6.45) is 28.2. The summed E-state index contributed by atoms with van der Waals surface area (Å²) in [7, 11) is 0. The number of hydrogen-bond acceptors (Lipinski definition) is 2. The van der Waals surface area contributed by atoms with Crippen LogP contribution in [0, 0.1) is 0 Å². The molecule has 0 aromatic heterocycles. The largest absolute Gasteiger partial charge is 0.361 e. The minimum Gasteiger partial charge on any atom is -0.361 e. The number of nitrogens with zero attached hydrogens (tertiary/aromatic N) is 2. The highest BCUT2D eigenvalue weighted by molar-refractivity contribution is 5.56. The molecule has 0 atom stereocenters. The second-order valence-corrected chi connectivity index (χ2v) is 8.07. The van der Waals surface area contributed by atoms with Gasteiger partial charge in [0.2, 0.25) is 0 Å². The normalized spacial score (nSPS) is 13.9. The van der Waals surface area contributed by atoms with Gasteiger partial charge in [0.1, 0.15) is 0 Å². The van der Waals surface area contributed by atoms with E-state index < -0.39 is 0 Å². The third kappa shape index (κ3) is 15.4. The Hall–Kier alpha value is -0.530. The average molecular weight is 351 g/mol. The molecule has 148 valence electrons. The molecule has 0 fully saturated rings. The third-order valence-electron chi connectivity index (χ3n) is 5.56. The van der Waals surface area contributed by atoms with Crippen molar-refractivity contribution in [3.8, 4) is 0 Å². The maximum atomic E-state index is 4.26. The molecule has 2 nitrogen and oxygen atoms in total. The van der Waals surface area contributed by atoms with Gasteiger partial charge in [0.25, 0.3) is 0 Å². The molecule has 0 unspecified atom stereocenters. The fourth-order valence-corrected chi connectivity index (χ4v) is 3.80. The van der Waals surface area contributed by atoms with Crippen molar-refractivity contribution in [1.82, 2.24) is 4.90 Å². The average Bonchev–Trinajstić information content (AvgIpc) is 3.14. The summed E-state index contributed by atoms with van der Waals surface area (Å²) in [5.41, 5.74) is 0. The molecule has 0 aromatic carbocycles. The Bertz CT molecular complexity index is 288. The van der Waals surface area contributed by atoms with Crippen LogP contribution in [0.3, 0.4) is 0 Å². The van der Waals surface area contributed by atoms with Crippen LogP contribution in [0.5, 0.6) is 0 Å². The molecule has 0 bridgehead atoms. The lowest BCUT2D eigenvalue weighted by Gasteiger charge is -2.12. The van der Waals surface area contributed by atoms with Crippen molar-refractivity contribution in [2.45, 2.75) is 122 Å². The van der Waals surface area contributed by atoms with Gasteiger partial charge in [-0.15, -0.1) is 0 Å². The van der Waals surface area contributed by atoms with Gasteiger partial charge in [0, 0.05) is 13.1 Å². The Balaban J connectivity index is 1.63. The molecule has 0 spiro atoms. The van der Waals surface area contributed by atoms with Crippen LogP contribution in [-0.2, 0) is 0 Å². The first-order valence-electron chi connectivity index (χ1n) is 11.7. The highest BCUT2D eigenvalue weighted by atomic mass is 15.2. The first-order chi connectivity index (χ1) is 12.4. The molecule has 0 radical (unpaired) electrons. The van der Waals surface area contributed by atoms with Crippen LogP contribution >= 0.6 is 0 Å². The highest BCUT2D eigenvalue weighted by Crippen LogP contribution is 2.14. The minimum absolute atomic E-state index is 1.01. The number of hydrogen-bond donors (Lipinski definition) is 0. The maximum absolute atomic E-state index is 4.26. The summed E-state index contributed by atoms with van der Waals surface area (Å²) in [6, 6.07) is 0. The smallest absolute Gasteiger partial charge is 0.0851 e. The van der Waals surface area contributed by atoms with Gasteiger partial charge in [-0.1, -0.05) is 116 Å². The summed E-state index contributed by atoms with van der Waals surface area (Å²) in [4.78, 5) is 6.63. The van der Waals surface area contributed by atoms with E-state index in [1.807, 2.05) is 6.34 Å². The van der Waals surface area contributed by atoms with Gasteiger partial charge >= 0.3 is 0 Å². The summed E-state index contributed by atoms with van der Waals surface area (Å²) < 4.78 is 0. The molecular weight excluding hydrogens is 304 g/mol. The van der Waals surface area contributed by atoms with Crippen molar-refractivity contribution >= 4 is 6.34 Å². The predicted molar refractivity (Wildman–Crippen MR) is 114 cm³/mol. The van der Waals surface area contributed by atoms with Gasteiger partial charge in [0.15, 0.2) is 0 Å². The molecule has 1 heterocycles. The summed E-state index contributed by atoms with van der Waals surface area (Å²) in [5.74, 6) is 0. The lowest BCUT2D eigenvalue weighted by molar-refractivity contribution is 0.438. The monoisotopic (exact) mass is 350 g/mol. The van der Waals surface area contributed by atoms with E-state index in [0.29, 0.717) is 0 Å². The molecule has 2 heteroatoms. The Morgan fingerprint density at radius 1 is 0.600 bits per heavy atom. The molecule has 1 aliphatic heterocycles. The van der Waals surface area contributed by atoms with Crippen LogP contribution in [-0.4, -0.2) is 30.9 Å². The van der Waals surface area contributed by atoms with Gasteiger partial charge in [-0.25, -0.2) is 0 Å². The Morgan fingerprint density at radius 3 is 1.36 bits per heavy atom. The van der Waals surface area contributed by atoms with Crippen LogP contribution in [0.15, 0.2) is 4.99 Å². The van der Waals surface area contributed by atoms with E-state index in [4.69, 9.17) is 0 Å². The Kier molecular flexibility index (Phi) is 16.4. The van der Waals surface area contributed by atoms with Crippen molar-refractivity contribution in [3.05, 3.63) is 0 Å². The quantitative estimate of drug-likeness (QED) is 0.222. The molecule has 1 aliphatic rings. The molecular formula is C23H46N2. The number of unbranched alkanes of at least 4 members (excludes halogenated alkanes) is 17. The van der Waals surface area contributed by atoms with Gasteiger partial charge in [-0.05, 0) is 6.42 Å². The van der Waals surface area contributed by atoms with Crippen LogP contribution in [0.1, 0.15) is 122 Å². The molecule has 25 heavy (non-hydrogen) atoms. The summed E-state index contributed by atoms with van der Waals surface area (Å²) in [6.45, 7) is 5.69. The lowest BCUT2D eigenvalue weighted by atomic mass is 10.0. The van der Waals surface area contributed by atoms with Crippen molar-refractivity contribution in [3.63, 3.8) is 0 Å². The number of aliphatic imine (C=N–C) groups is 1. The van der Waals surface area contributed by atoms with E-state index in [-0.39, 0.29) is 0 Å². The Labute approximate surface area is 158 Å². The molecule has 0 saturated carbocycles. The molecule has 0 aromatic rings.